The fraction of sp³-hybridized carbons (Fsp3) is 0.286. The number of aromatic amines is 1. The second-order valence-electron chi connectivity index (χ2n) is 4.19. The van der Waals surface area contributed by atoms with E-state index in [1.807, 2.05) is 13.8 Å². The van der Waals surface area contributed by atoms with Gasteiger partial charge in [0.2, 0.25) is 0 Å². The van der Waals surface area contributed by atoms with Gasteiger partial charge >= 0.3 is 0 Å². The molecule has 2 rings (SSSR count). The Morgan fingerprint density at radius 3 is 2.74 bits per heavy atom. The van der Waals surface area contributed by atoms with Crippen molar-refractivity contribution in [3.05, 3.63) is 40.0 Å². The van der Waals surface area contributed by atoms with E-state index in [1.54, 1.807) is 12.1 Å². The number of rotatable bonds is 3. The third-order valence-corrected chi connectivity index (χ3v) is 3.38. The summed E-state index contributed by atoms with van der Waals surface area (Å²) in [5.41, 5.74) is 1.93. The molecule has 100 valence electrons. The average molecular weight is 278 g/mol. The van der Waals surface area contributed by atoms with E-state index in [2.05, 4.69) is 9.97 Å². The third kappa shape index (κ3) is 2.66. The summed E-state index contributed by atoms with van der Waals surface area (Å²) in [6.45, 7) is 3.81. The molecule has 1 aromatic heterocycles. The van der Waals surface area contributed by atoms with Crippen LogP contribution in [0.5, 0.6) is 5.75 Å². The predicted octanol–water partition coefficient (Wildman–Crippen LogP) is 3.82. The highest BCUT2D eigenvalue weighted by Gasteiger charge is 2.12. The lowest BCUT2D eigenvalue weighted by molar-refractivity contribution is 0.411. The van der Waals surface area contributed by atoms with Gasteiger partial charge in [-0.15, -0.1) is 0 Å². The van der Waals surface area contributed by atoms with Crippen molar-refractivity contribution in [3.8, 4) is 17.0 Å². The molecule has 1 heterocycles. The average Bonchev–Trinajstić information content (AvgIpc) is 2.42. The number of aryl methyl sites for hydroxylation is 1. The van der Waals surface area contributed by atoms with E-state index in [-0.39, 0.29) is 5.82 Å². The summed E-state index contributed by atoms with van der Waals surface area (Å²) in [6, 6.07) is 4.76. The zero-order valence-electron chi connectivity index (χ0n) is 11.1. The van der Waals surface area contributed by atoms with Gasteiger partial charge in [-0.25, -0.2) is 9.37 Å². The Balaban J connectivity index is 2.64. The molecule has 0 aliphatic heterocycles. The van der Waals surface area contributed by atoms with E-state index in [0.717, 1.165) is 11.4 Å². The summed E-state index contributed by atoms with van der Waals surface area (Å²) in [7, 11) is 1.51. The van der Waals surface area contributed by atoms with Gasteiger partial charge in [0, 0.05) is 23.6 Å². The van der Waals surface area contributed by atoms with Crippen LogP contribution in [0, 0.1) is 17.4 Å². The molecule has 0 fully saturated rings. The lowest BCUT2D eigenvalue weighted by Crippen LogP contribution is -2.00. The molecule has 0 aliphatic carbocycles. The number of halogens is 1. The minimum absolute atomic E-state index is 0.346. The maximum atomic E-state index is 14.1. The van der Waals surface area contributed by atoms with Crippen molar-refractivity contribution in [1.29, 1.82) is 0 Å². The third-order valence-electron chi connectivity index (χ3n) is 2.98. The fourth-order valence-corrected chi connectivity index (χ4v) is 2.05. The molecule has 3 nitrogen and oxygen atoms in total. The molecular formula is C14H15FN2OS. The highest BCUT2D eigenvalue weighted by atomic mass is 32.1. The van der Waals surface area contributed by atoms with E-state index in [4.69, 9.17) is 17.0 Å². The van der Waals surface area contributed by atoms with Gasteiger partial charge in [-0.05, 0) is 19.1 Å². The second kappa shape index (κ2) is 5.48. The van der Waals surface area contributed by atoms with Gasteiger partial charge in [0.05, 0.1) is 12.8 Å². The largest absolute Gasteiger partial charge is 0.497 e. The van der Waals surface area contributed by atoms with Crippen molar-refractivity contribution < 1.29 is 9.13 Å². The summed E-state index contributed by atoms with van der Waals surface area (Å²) >= 11 is 5.21. The number of hydrogen-bond donors (Lipinski definition) is 1. The van der Waals surface area contributed by atoms with Gasteiger partial charge in [0.15, 0.2) is 0 Å². The van der Waals surface area contributed by atoms with Crippen molar-refractivity contribution in [2.75, 3.05) is 7.11 Å². The first-order valence-electron chi connectivity index (χ1n) is 6.00. The molecule has 2 aromatic rings. The predicted molar refractivity (Wildman–Crippen MR) is 75.5 cm³/mol. The van der Waals surface area contributed by atoms with Crippen LogP contribution in [0.3, 0.4) is 0 Å². The number of nitrogens with one attached hydrogen (secondary N) is 1. The van der Waals surface area contributed by atoms with Gasteiger partial charge in [0.25, 0.3) is 0 Å². The van der Waals surface area contributed by atoms with E-state index >= 15 is 0 Å². The Morgan fingerprint density at radius 1 is 1.42 bits per heavy atom. The molecule has 0 saturated heterocycles. The van der Waals surface area contributed by atoms with Crippen LogP contribution in [0.4, 0.5) is 4.39 Å². The van der Waals surface area contributed by atoms with Crippen molar-refractivity contribution in [2.45, 2.75) is 20.3 Å². The van der Waals surface area contributed by atoms with Crippen LogP contribution in [0.1, 0.15) is 18.3 Å². The summed E-state index contributed by atoms with van der Waals surface area (Å²) < 4.78 is 19.6. The molecule has 0 aliphatic rings. The summed E-state index contributed by atoms with van der Waals surface area (Å²) in [5.74, 6) is 0.893. The van der Waals surface area contributed by atoms with Crippen LogP contribution in [-0.2, 0) is 6.42 Å². The number of aromatic nitrogens is 2. The van der Waals surface area contributed by atoms with E-state index < -0.39 is 0 Å². The molecule has 1 aromatic carbocycles. The summed E-state index contributed by atoms with van der Waals surface area (Å²) in [5, 5.41) is 0. The van der Waals surface area contributed by atoms with Gasteiger partial charge in [0.1, 0.15) is 22.0 Å². The summed E-state index contributed by atoms with van der Waals surface area (Å²) in [6.07, 6.45) is 0.717. The Bertz CT molecular complexity index is 667. The topological polar surface area (TPSA) is 37.9 Å². The van der Waals surface area contributed by atoms with Crippen molar-refractivity contribution >= 4 is 12.2 Å². The van der Waals surface area contributed by atoms with Gasteiger partial charge < -0.3 is 9.72 Å². The molecule has 0 saturated carbocycles. The quantitative estimate of drug-likeness (QED) is 0.867. The monoisotopic (exact) mass is 278 g/mol. The van der Waals surface area contributed by atoms with Crippen LogP contribution in [0.25, 0.3) is 11.3 Å². The number of nitrogens with zero attached hydrogens (tertiary/aromatic N) is 1. The van der Waals surface area contributed by atoms with Crippen molar-refractivity contribution in [1.82, 2.24) is 9.97 Å². The highest BCUT2D eigenvalue weighted by Crippen LogP contribution is 2.27. The van der Waals surface area contributed by atoms with Crippen LogP contribution in [-0.4, -0.2) is 17.1 Å². The first kappa shape index (κ1) is 13.7. The minimum atomic E-state index is -0.346. The molecule has 19 heavy (non-hydrogen) atoms. The first-order chi connectivity index (χ1) is 9.06. The van der Waals surface area contributed by atoms with Crippen LogP contribution in [0.15, 0.2) is 18.2 Å². The van der Waals surface area contributed by atoms with E-state index in [0.29, 0.717) is 28.1 Å². The molecule has 0 spiro atoms. The SMILES string of the molecule is CCc1nc(=S)c(C)c(-c2ccc(OC)cc2F)[nH]1. The molecule has 0 radical (unpaired) electrons. The minimum Gasteiger partial charge on any atom is -0.497 e. The maximum absolute atomic E-state index is 14.1. The molecule has 5 heteroatoms. The Labute approximate surface area is 116 Å². The molecule has 0 atom stereocenters. The van der Waals surface area contributed by atoms with Gasteiger partial charge in [-0.1, -0.05) is 19.1 Å². The van der Waals surface area contributed by atoms with Gasteiger partial charge in [-0.2, -0.15) is 0 Å². The number of ether oxygens (including phenoxy) is 1. The van der Waals surface area contributed by atoms with Crippen molar-refractivity contribution in [2.24, 2.45) is 0 Å². The number of hydrogen-bond acceptors (Lipinski definition) is 3. The molecular weight excluding hydrogens is 263 g/mol. The normalized spacial score (nSPS) is 10.5. The van der Waals surface area contributed by atoms with Crippen LogP contribution in [0.2, 0.25) is 0 Å². The zero-order valence-corrected chi connectivity index (χ0v) is 11.9. The molecule has 1 N–H and O–H groups in total. The van der Waals surface area contributed by atoms with E-state index in [1.165, 1.54) is 13.2 Å². The Hall–Kier alpha value is -1.75. The lowest BCUT2D eigenvalue weighted by atomic mass is 10.1. The summed E-state index contributed by atoms with van der Waals surface area (Å²) in [4.78, 5) is 7.39. The zero-order chi connectivity index (χ0) is 14.0. The molecule has 0 unspecified atom stereocenters. The van der Waals surface area contributed by atoms with E-state index in [9.17, 15) is 4.39 Å². The number of methoxy groups -OCH3 is 1. The molecule has 0 amide bonds. The maximum Gasteiger partial charge on any atom is 0.136 e. The van der Waals surface area contributed by atoms with Gasteiger partial charge in [-0.3, -0.25) is 0 Å². The smallest absolute Gasteiger partial charge is 0.136 e. The fourth-order valence-electron chi connectivity index (χ4n) is 1.84. The van der Waals surface area contributed by atoms with Crippen LogP contribution >= 0.6 is 12.2 Å². The number of benzene rings is 1. The Kier molecular flexibility index (Phi) is 3.95. The van der Waals surface area contributed by atoms with Crippen molar-refractivity contribution in [3.63, 3.8) is 0 Å². The highest BCUT2D eigenvalue weighted by molar-refractivity contribution is 7.71. The standard InChI is InChI=1S/C14H15FN2OS/c1-4-12-16-13(8(2)14(19)17-12)10-6-5-9(18-3)7-11(10)15/h5-7H,4H2,1-3H3,(H,16,17,19). The van der Waals surface area contributed by atoms with Crippen LogP contribution < -0.4 is 4.74 Å². The lowest BCUT2D eigenvalue weighted by Gasteiger charge is -2.10. The second-order valence-corrected chi connectivity index (χ2v) is 4.57. The Morgan fingerprint density at radius 2 is 2.16 bits per heavy atom. The molecule has 0 bridgehead atoms. The number of H-pyrrole nitrogens is 1. The first-order valence-corrected chi connectivity index (χ1v) is 6.41.